The van der Waals surface area contributed by atoms with Crippen molar-refractivity contribution in [2.24, 2.45) is 0 Å². The minimum absolute atomic E-state index is 0.0273. The molecule has 0 saturated heterocycles. The molecule has 0 bridgehead atoms. The molecular formula is C17H18N2O4S2. The van der Waals surface area contributed by atoms with Gasteiger partial charge in [-0.15, -0.1) is 11.3 Å². The number of anilines is 2. The highest BCUT2D eigenvalue weighted by atomic mass is 32.1. The smallest absolute Gasteiger partial charge is 0.340 e. The van der Waals surface area contributed by atoms with Gasteiger partial charge in [-0.2, -0.15) is 0 Å². The average molecular weight is 378 g/mol. The second kappa shape index (κ2) is 8.59. The lowest BCUT2D eigenvalue weighted by Crippen LogP contribution is -2.19. The van der Waals surface area contributed by atoms with Gasteiger partial charge in [0.25, 0.3) is 0 Å². The van der Waals surface area contributed by atoms with Gasteiger partial charge in [0.05, 0.1) is 19.1 Å². The van der Waals surface area contributed by atoms with Crippen molar-refractivity contribution in [2.45, 2.75) is 19.8 Å². The number of esters is 1. The van der Waals surface area contributed by atoms with Crippen LogP contribution < -0.4 is 10.6 Å². The highest BCUT2D eigenvalue weighted by molar-refractivity contribution is 7.80. The second-order valence-corrected chi connectivity index (χ2v) is 6.69. The van der Waals surface area contributed by atoms with E-state index in [4.69, 9.17) is 22.1 Å². The largest absolute Gasteiger partial charge is 0.481 e. The maximum Gasteiger partial charge on any atom is 0.340 e. The zero-order chi connectivity index (χ0) is 18.4. The van der Waals surface area contributed by atoms with Crippen LogP contribution in [0.2, 0.25) is 0 Å². The lowest BCUT2D eigenvalue weighted by Gasteiger charge is -2.10. The second-order valence-electron chi connectivity index (χ2n) is 5.15. The lowest BCUT2D eigenvalue weighted by molar-refractivity contribution is -0.136. The number of benzene rings is 1. The van der Waals surface area contributed by atoms with Crippen LogP contribution in [0.15, 0.2) is 30.3 Å². The number of nitrogens with one attached hydrogen (secondary N) is 2. The van der Waals surface area contributed by atoms with E-state index in [0.717, 1.165) is 17.0 Å². The van der Waals surface area contributed by atoms with Gasteiger partial charge in [-0.3, -0.25) is 4.79 Å². The summed E-state index contributed by atoms with van der Waals surface area (Å²) in [6.07, 6.45) is 0.780. The van der Waals surface area contributed by atoms with E-state index >= 15 is 0 Å². The topological polar surface area (TPSA) is 87.7 Å². The number of thiocarbonyl (C=S) groups is 1. The Morgan fingerprint density at radius 1 is 1.24 bits per heavy atom. The van der Waals surface area contributed by atoms with Crippen molar-refractivity contribution in [3.8, 4) is 0 Å². The van der Waals surface area contributed by atoms with E-state index in [1.165, 1.54) is 18.4 Å². The van der Waals surface area contributed by atoms with Crippen LogP contribution in [0.5, 0.6) is 0 Å². The van der Waals surface area contributed by atoms with Gasteiger partial charge < -0.3 is 20.5 Å². The van der Waals surface area contributed by atoms with E-state index < -0.39 is 11.9 Å². The molecule has 0 spiro atoms. The first-order valence-corrected chi connectivity index (χ1v) is 8.75. The molecule has 3 N–H and O–H groups in total. The molecule has 6 nitrogen and oxygen atoms in total. The Bertz CT molecular complexity index is 784. The van der Waals surface area contributed by atoms with Crippen molar-refractivity contribution in [1.29, 1.82) is 0 Å². The molecule has 2 rings (SSSR count). The fraction of sp³-hybridized carbons (Fsp3) is 0.235. The third-order valence-electron chi connectivity index (χ3n) is 3.33. The van der Waals surface area contributed by atoms with E-state index in [1.807, 2.05) is 6.92 Å². The van der Waals surface area contributed by atoms with Gasteiger partial charge in [0.2, 0.25) is 0 Å². The zero-order valence-corrected chi connectivity index (χ0v) is 15.4. The number of thiophene rings is 1. The number of hydrogen-bond donors (Lipinski definition) is 3. The number of ether oxygens (including phenoxy) is 1. The van der Waals surface area contributed by atoms with Gasteiger partial charge in [-0.05, 0) is 42.4 Å². The highest BCUT2D eigenvalue weighted by Gasteiger charge is 2.17. The number of carbonyl (C=O) groups is 2. The number of aliphatic carboxylic acids is 1. The van der Waals surface area contributed by atoms with Crippen LogP contribution in [-0.4, -0.2) is 29.3 Å². The molecule has 132 valence electrons. The molecule has 2 aromatic rings. The fourth-order valence-electron chi connectivity index (χ4n) is 2.12. The monoisotopic (exact) mass is 378 g/mol. The molecule has 0 atom stereocenters. The molecule has 1 aromatic heterocycles. The summed E-state index contributed by atoms with van der Waals surface area (Å²) in [4.78, 5) is 23.6. The van der Waals surface area contributed by atoms with Gasteiger partial charge in [-0.1, -0.05) is 19.1 Å². The number of carboxylic acids is 1. The van der Waals surface area contributed by atoms with Gasteiger partial charge in [0, 0.05) is 10.6 Å². The number of carbonyl (C=O) groups excluding carboxylic acids is 1. The summed E-state index contributed by atoms with van der Waals surface area (Å²) in [5, 5.41) is 15.8. The Morgan fingerprint density at radius 3 is 2.48 bits per heavy atom. The number of carboxylic acid groups (broad SMARTS) is 1. The van der Waals surface area contributed by atoms with Crippen LogP contribution in [0.1, 0.15) is 27.7 Å². The van der Waals surface area contributed by atoms with E-state index in [0.29, 0.717) is 21.2 Å². The Morgan fingerprint density at radius 2 is 1.92 bits per heavy atom. The minimum Gasteiger partial charge on any atom is -0.481 e. The molecule has 0 saturated carbocycles. The third-order valence-corrected chi connectivity index (χ3v) is 4.73. The number of hydrogen-bond acceptors (Lipinski definition) is 5. The van der Waals surface area contributed by atoms with Gasteiger partial charge in [0.1, 0.15) is 5.00 Å². The standard InChI is InChI=1S/C17H18N2O4S2/c1-3-12-9-13(16(22)23-2)15(25-12)19-17(24)18-11-6-4-10(5-7-11)8-14(20)21/h4-7,9H,3,8H2,1-2H3,(H,20,21)(H2,18,19,24). The van der Waals surface area contributed by atoms with Crippen LogP contribution in [0, 0.1) is 0 Å². The van der Waals surface area contributed by atoms with E-state index in [-0.39, 0.29) is 6.42 Å². The maximum atomic E-state index is 11.9. The molecule has 0 aliphatic carbocycles. The molecule has 8 heteroatoms. The molecular weight excluding hydrogens is 360 g/mol. The van der Waals surface area contributed by atoms with Crippen molar-refractivity contribution in [3.63, 3.8) is 0 Å². The molecule has 0 fully saturated rings. The highest BCUT2D eigenvalue weighted by Crippen LogP contribution is 2.29. The van der Waals surface area contributed by atoms with Crippen LogP contribution in [-0.2, 0) is 22.4 Å². The molecule has 1 aromatic carbocycles. The van der Waals surface area contributed by atoms with Crippen molar-refractivity contribution in [2.75, 3.05) is 17.7 Å². The summed E-state index contributed by atoms with van der Waals surface area (Å²) < 4.78 is 4.80. The van der Waals surface area contributed by atoms with Crippen molar-refractivity contribution in [1.82, 2.24) is 0 Å². The van der Waals surface area contributed by atoms with E-state index in [1.54, 1.807) is 30.3 Å². The molecule has 0 aliphatic rings. The molecule has 25 heavy (non-hydrogen) atoms. The molecule has 0 radical (unpaired) electrons. The van der Waals surface area contributed by atoms with Crippen LogP contribution in [0.25, 0.3) is 0 Å². The molecule has 1 heterocycles. The first kappa shape index (κ1) is 18.9. The summed E-state index contributed by atoms with van der Waals surface area (Å²) in [5.74, 6) is -1.29. The summed E-state index contributed by atoms with van der Waals surface area (Å²) in [6.45, 7) is 2.01. The van der Waals surface area contributed by atoms with E-state index in [9.17, 15) is 9.59 Å². The summed E-state index contributed by atoms with van der Waals surface area (Å²) in [7, 11) is 1.34. The maximum absolute atomic E-state index is 11.9. The Labute approximate surface area is 154 Å². The first-order valence-electron chi connectivity index (χ1n) is 7.52. The Kier molecular flexibility index (Phi) is 6.49. The van der Waals surface area contributed by atoms with Crippen molar-refractivity contribution in [3.05, 3.63) is 46.3 Å². The van der Waals surface area contributed by atoms with Crippen LogP contribution >= 0.6 is 23.6 Å². The van der Waals surface area contributed by atoms with Gasteiger partial charge in [0.15, 0.2) is 5.11 Å². The lowest BCUT2D eigenvalue weighted by atomic mass is 10.1. The molecule has 0 unspecified atom stereocenters. The first-order chi connectivity index (χ1) is 11.9. The summed E-state index contributed by atoms with van der Waals surface area (Å²) in [5.41, 5.74) is 1.87. The third kappa shape index (κ3) is 5.27. The molecule has 0 amide bonds. The Balaban J connectivity index is 2.06. The number of rotatable bonds is 6. The van der Waals surface area contributed by atoms with Crippen molar-refractivity contribution < 1.29 is 19.4 Å². The van der Waals surface area contributed by atoms with E-state index in [2.05, 4.69) is 10.6 Å². The normalized spacial score (nSPS) is 10.2. The average Bonchev–Trinajstić information content (AvgIpc) is 2.98. The number of aryl methyl sites for hydroxylation is 1. The molecule has 0 aliphatic heterocycles. The SMILES string of the molecule is CCc1cc(C(=O)OC)c(NC(=S)Nc2ccc(CC(=O)O)cc2)s1. The van der Waals surface area contributed by atoms with Crippen LogP contribution in [0.3, 0.4) is 0 Å². The van der Waals surface area contributed by atoms with Crippen molar-refractivity contribution >= 4 is 51.3 Å². The fourth-order valence-corrected chi connectivity index (χ4v) is 3.39. The van der Waals surface area contributed by atoms with Gasteiger partial charge >= 0.3 is 11.9 Å². The summed E-state index contributed by atoms with van der Waals surface area (Å²) >= 11 is 6.73. The zero-order valence-electron chi connectivity index (χ0n) is 13.8. The minimum atomic E-state index is -0.877. The predicted octanol–water partition coefficient (Wildman–Crippen LogP) is 3.53. The van der Waals surface area contributed by atoms with Crippen LogP contribution in [0.4, 0.5) is 10.7 Å². The van der Waals surface area contributed by atoms with Gasteiger partial charge in [-0.25, -0.2) is 4.79 Å². The Hall–Kier alpha value is -2.45. The quantitative estimate of drug-likeness (QED) is 0.523. The predicted molar refractivity (Wildman–Crippen MR) is 103 cm³/mol. The number of methoxy groups -OCH3 is 1. The summed E-state index contributed by atoms with van der Waals surface area (Å²) in [6, 6.07) is 8.74.